The van der Waals surface area contributed by atoms with Crippen LogP contribution in [0.5, 0.6) is 0 Å². The second kappa shape index (κ2) is 22.5. The number of aryl methyl sites for hydroxylation is 2. The predicted molar refractivity (Wildman–Crippen MR) is 245 cm³/mol. The van der Waals surface area contributed by atoms with Gasteiger partial charge in [0.25, 0.3) is 0 Å². The Kier molecular flexibility index (Phi) is 18.1. The Morgan fingerprint density at radius 2 is 0.831 bits per heavy atom. The molecule has 2 heterocycles. The van der Waals surface area contributed by atoms with Crippen LogP contribution in [-0.4, -0.2) is 35.5 Å². The van der Waals surface area contributed by atoms with Crippen molar-refractivity contribution in [2.24, 2.45) is 48.6 Å². The molecule has 10 nitrogen and oxygen atoms in total. The molecule has 6 rings (SSSR count). The molecule has 4 aromatic carbocycles. The van der Waals surface area contributed by atoms with Crippen LogP contribution in [0.25, 0.3) is 22.5 Å². The molecular formula is C44H56Cl4N10Zn. The van der Waals surface area contributed by atoms with Crippen molar-refractivity contribution in [3.05, 3.63) is 120 Å². The Hall–Kier alpha value is -4.12. The van der Waals surface area contributed by atoms with Crippen LogP contribution in [0.1, 0.15) is 38.8 Å². The minimum atomic E-state index is -3.36. The molecule has 0 amide bonds. The number of anilines is 2. The summed E-state index contributed by atoms with van der Waals surface area (Å²) in [7, 11) is 24.9. The summed E-state index contributed by atoms with van der Waals surface area (Å²) in [6.07, 6.45) is 0. The van der Waals surface area contributed by atoms with Crippen molar-refractivity contribution in [3.63, 3.8) is 0 Å². The van der Waals surface area contributed by atoms with E-state index in [1.54, 1.807) is 0 Å². The van der Waals surface area contributed by atoms with Gasteiger partial charge in [-0.15, -0.1) is 0 Å². The van der Waals surface area contributed by atoms with Crippen molar-refractivity contribution in [2.45, 2.75) is 41.5 Å². The number of aromatic nitrogens is 4. The first kappa shape index (κ1) is 47.6. The van der Waals surface area contributed by atoms with Crippen LogP contribution < -0.4 is 19.2 Å². The van der Waals surface area contributed by atoms with E-state index in [9.17, 15) is 0 Å². The molecule has 0 fully saturated rings. The van der Waals surface area contributed by atoms with Crippen molar-refractivity contribution in [2.75, 3.05) is 36.0 Å². The number of nitrogens with zero attached hydrogens (tertiary/aromatic N) is 10. The number of hydrogen-bond acceptors (Lipinski definition) is 6. The average molecular weight is 932 g/mol. The van der Waals surface area contributed by atoms with E-state index in [-0.39, 0.29) is 0 Å². The summed E-state index contributed by atoms with van der Waals surface area (Å²) < 4.78 is 8.18. The van der Waals surface area contributed by atoms with Gasteiger partial charge in [-0.2, -0.15) is 9.36 Å². The number of azo groups is 2. The SMILES string of the molecule is CCN(CC)c1ccc(N=Nc2cc(-c3ccccc3)n(C)[n+]2C)c(C)c1.CCN(CC)c1ccc(N=Nc2cc(-c3ccccc3)n(C)[n+]2C)c(C)c1.[Cl][Zn-2]([Cl])([Cl])[Cl]. The van der Waals surface area contributed by atoms with E-state index in [2.05, 4.69) is 142 Å². The summed E-state index contributed by atoms with van der Waals surface area (Å²) in [5.74, 6) is 1.65. The fourth-order valence-electron chi connectivity index (χ4n) is 6.48. The molecule has 59 heavy (non-hydrogen) atoms. The number of benzene rings is 4. The van der Waals surface area contributed by atoms with Gasteiger partial charge >= 0.3 is 61.2 Å². The van der Waals surface area contributed by atoms with E-state index < -0.39 is 10.8 Å². The van der Waals surface area contributed by atoms with Gasteiger partial charge in [0.2, 0.25) is 0 Å². The first-order valence-corrected chi connectivity index (χ1v) is 35.5. The molecule has 0 N–H and O–H groups in total. The molecule has 0 saturated heterocycles. The third-order valence-electron chi connectivity index (χ3n) is 10.1. The van der Waals surface area contributed by atoms with Gasteiger partial charge in [-0.1, -0.05) is 60.7 Å². The second-order valence-electron chi connectivity index (χ2n) is 13.9. The van der Waals surface area contributed by atoms with Gasteiger partial charge in [-0.05, 0) is 99.3 Å². The van der Waals surface area contributed by atoms with E-state index >= 15 is 0 Å². The van der Waals surface area contributed by atoms with Crippen molar-refractivity contribution >= 4 is 73.1 Å². The van der Waals surface area contributed by atoms with Crippen LogP contribution in [0.2, 0.25) is 0 Å². The van der Waals surface area contributed by atoms with E-state index in [4.69, 9.17) is 38.8 Å². The quantitative estimate of drug-likeness (QED) is 0.0697. The van der Waals surface area contributed by atoms with E-state index in [0.29, 0.717) is 0 Å². The van der Waals surface area contributed by atoms with Gasteiger partial charge in [-0.3, -0.25) is 0 Å². The Labute approximate surface area is 369 Å². The van der Waals surface area contributed by atoms with Crippen molar-refractivity contribution in [1.29, 1.82) is 0 Å². The molecule has 0 aliphatic carbocycles. The topological polar surface area (TPSA) is 73.5 Å². The monoisotopic (exact) mass is 928 g/mol. The molecule has 0 aliphatic heterocycles. The molecule has 0 aliphatic rings. The number of hydrogen-bond donors (Lipinski definition) is 0. The van der Waals surface area contributed by atoms with Crippen molar-refractivity contribution in [3.8, 4) is 22.5 Å². The zero-order chi connectivity index (χ0) is 43.3. The summed E-state index contributed by atoms with van der Waals surface area (Å²) in [6.45, 7) is 16.9. The van der Waals surface area contributed by atoms with Gasteiger partial charge in [0.05, 0.1) is 33.7 Å². The second-order valence-corrected chi connectivity index (χ2v) is 41.6. The molecule has 0 spiro atoms. The Bertz CT molecular complexity index is 2150. The van der Waals surface area contributed by atoms with Gasteiger partial charge in [0.15, 0.2) is 0 Å². The summed E-state index contributed by atoms with van der Waals surface area (Å²) in [5.41, 5.74) is 11.1. The minimum absolute atomic E-state index is 0.823. The van der Waals surface area contributed by atoms with Gasteiger partial charge in [0, 0.05) is 62.8 Å². The van der Waals surface area contributed by atoms with Gasteiger partial charge in [0.1, 0.15) is 25.5 Å². The molecule has 0 atom stereocenters. The molecule has 0 bridgehead atoms. The van der Waals surface area contributed by atoms with E-state index in [1.807, 2.05) is 86.1 Å². The van der Waals surface area contributed by atoms with Crippen molar-refractivity contribution in [1.82, 2.24) is 9.36 Å². The molecule has 312 valence electrons. The summed E-state index contributed by atoms with van der Waals surface area (Å²) in [6, 6.07) is 37.5. The standard InChI is InChI=1S/2C22H28N5.4ClH.Zn/c2*1-6-27(7-2)19-13-14-20(17(3)15-19)23-24-22-16-21(25(4)26(22)5)18-11-9-8-10-12-18;;;;;/h2*8-16H,6-7H2,1-5H3;4*1H;/q2*+1;;;;;+2/p-4. The van der Waals surface area contributed by atoms with Gasteiger partial charge < -0.3 is 9.80 Å². The maximum atomic E-state index is 5.05. The Morgan fingerprint density at radius 3 is 1.12 bits per heavy atom. The van der Waals surface area contributed by atoms with Crippen LogP contribution in [0.3, 0.4) is 0 Å². The van der Waals surface area contributed by atoms with Crippen LogP contribution in [0.15, 0.2) is 130 Å². The average Bonchev–Trinajstić information content (AvgIpc) is 3.67. The molecule has 0 unspecified atom stereocenters. The van der Waals surface area contributed by atoms with Crippen LogP contribution in [0, 0.1) is 13.8 Å². The summed E-state index contributed by atoms with van der Waals surface area (Å²) in [5, 5.41) is 18.0. The number of rotatable bonds is 12. The summed E-state index contributed by atoms with van der Waals surface area (Å²) in [4.78, 5) is 4.66. The molecule has 0 radical (unpaired) electrons. The molecule has 2 aromatic heterocycles. The first-order valence-electron chi connectivity index (χ1n) is 19.9. The zero-order valence-electron chi connectivity index (χ0n) is 35.9. The Morgan fingerprint density at radius 1 is 0.508 bits per heavy atom. The first-order chi connectivity index (χ1) is 28.1. The normalized spacial score (nSPS) is 11.4. The third-order valence-corrected chi connectivity index (χ3v) is 10.1. The van der Waals surface area contributed by atoms with Crippen LogP contribution in [0.4, 0.5) is 34.4 Å². The summed E-state index contributed by atoms with van der Waals surface area (Å²) >= 11 is 0. The third kappa shape index (κ3) is 13.4. The van der Waals surface area contributed by atoms with E-state index in [0.717, 1.165) is 82.8 Å². The Balaban J connectivity index is 0.000000234. The predicted octanol–water partition coefficient (Wildman–Crippen LogP) is 12.9. The molecule has 15 heteroatoms. The van der Waals surface area contributed by atoms with Crippen LogP contribution in [-0.2, 0) is 39.0 Å². The maximum absolute atomic E-state index is 5.05. The van der Waals surface area contributed by atoms with Gasteiger partial charge in [-0.25, -0.2) is 9.36 Å². The van der Waals surface area contributed by atoms with Crippen LogP contribution >= 0.6 is 38.8 Å². The number of halogens is 4. The molecular weight excluding hydrogens is 876 g/mol. The molecule has 0 saturated carbocycles. The van der Waals surface area contributed by atoms with Crippen molar-refractivity contribution < 1.29 is 20.2 Å². The van der Waals surface area contributed by atoms with E-state index in [1.165, 1.54) is 11.4 Å². The zero-order valence-corrected chi connectivity index (χ0v) is 41.9. The molecule has 6 aromatic rings. The fourth-order valence-corrected chi connectivity index (χ4v) is 6.48. The fraction of sp³-hybridized carbons (Fsp3) is 0.318.